The van der Waals surface area contributed by atoms with E-state index in [1.54, 1.807) is 0 Å². The number of nitrogens with zero attached hydrogens (tertiary/aromatic N) is 4. The normalized spacial score (nSPS) is 10.4. The number of halogens is 2. The first kappa shape index (κ1) is 19.4. The molecule has 0 radical (unpaired) electrons. The molecular weight excluding hydrogens is 386 g/mol. The van der Waals surface area contributed by atoms with Crippen molar-refractivity contribution in [3.8, 4) is 0 Å². The van der Waals surface area contributed by atoms with Crippen molar-refractivity contribution >= 4 is 45.8 Å². The summed E-state index contributed by atoms with van der Waals surface area (Å²) >= 11 is 3.35. The molecule has 23 heavy (non-hydrogen) atoms. The number of aryl methyl sites for hydroxylation is 1. The van der Waals surface area contributed by atoms with Crippen LogP contribution in [0.15, 0.2) is 28.7 Å². The summed E-state index contributed by atoms with van der Waals surface area (Å²) in [5, 5.41) is 20.5. The maximum absolute atomic E-state index is 11.3. The standard InChI is InChI=1S/C14H18BrN5O2.ClH/c1-19(2)8-3-9-20-17-12(14(21)22)13(18-20)16-11-6-4-10(15)5-7-11;/h4-7H,3,8-9H2,1-2H3,(H,16,18)(H,21,22);1H. The Bertz CT molecular complexity index is 645. The molecule has 2 aromatic rings. The lowest BCUT2D eigenvalue weighted by Gasteiger charge is -2.07. The van der Waals surface area contributed by atoms with E-state index in [4.69, 9.17) is 0 Å². The minimum Gasteiger partial charge on any atom is -0.476 e. The molecule has 0 bridgehead atoms. The molecule has 0 saturated carbocycles. The van der Waals surface area contributed by atoms with Gasteiger partial charge in [0.05, 0.1) is 6.54 Å². The number of hydrogen-bond donors (Lipinski definition) is 2. The van der Waals surface area contributed by atoms with Crippen molar-refractivity contribution in [3.63, 3.8) is 0 Å². The Morgan fingerprint density at radius 1 is 1.30 bits per heavy atom. The highest BCUT2D eigenvalue weighted by Crippen LogP contribution is 2.20. The molecule has 0 amide bonds. The average Bonchev–Trinajstić information content (AvgIpc) is 2.84. The second-order valence-electron chi connectivity index (χ2n) is 5.09. The monoisotopic (exact) mass is 403 g/mol. The average molecular weight is 405 g/mol. The Labute approximate surface area is 149 Å². The number of anilines is 2. The van der Waals surface area contributed by atoms with Crippen LogP contribution in [-0.4, -0.2) is 51.6 Å². The van der Waals surface area contributed by atoms with Gasteiger partial charge in [0.15, 0.2) is 5.82 Å². The highest BCUT2D eigenvalue weighted by atomic mass is 79.9. The van der Waals surface area contributed by atoms with Gasteiger partial charge in [0.1, 0.15) is 0 Å². The SMILES string of the molecule is CN(C)CCCn1nc(Nc2ccc(Br)cc2)c(C(=O)O)n1.Cl. The number of carboxylic acids is 1. The highest BCUT2D eigenvalue weighted by molar-refractivity contribution is 9.10. The third kappa shape index (κ3) is 5.81. The summed E-state index contributed by atoms with van der Waals surface area (Å²) in [5.41, 5.74) is 0.679. The molecule has 9 heteroatoms. The van der Waals surface area contributed by atoms with Gasteiger partial charge in [-0.05, 0) is 51.3 Å². The molecule has 7 nitrogen and oxygen atoms in total. The number of aromatic carboxylic acids is 1. The zero-order chi connectivity index (χ0) is 16.1. The van der Waals surface area contributed by atoms with Crippen LogP contribution in [0.5, 0.6) is 0 Å². The molecule has 0 unspecified atom stereocenters. The Balaban J connectivity index is 0.00000264. The van der Waals surface area contributed by atoms with Gasteiger partial charge in [-0.1, -0.05) is 15.9 Å². The molecule has 0 aliphatic heterocycles. The minimum atomic E-state index is -1.10. The number of carboxylic acid groups (broad SMARTS) is 1. The molecule has 1 aromatic carbocycles. The molecule has 0 aliphatic carbocycles. The lowest BCUT2D eigenvalue weighted by Crippen LogP contribution is -2.16. The lowest BCUT2D eigenvalue weighted by molar-refractivity contribution is 0.0690. The number of benzene rings is 1. The van der Waals surface area contributed by atoms with Gasteiger partial charge in [-0.3, -0.25) is 0 Å². The van der Waals surface area contributed by atoms with E-state index >= 15 is 0 Å². The number of hydrogen-bond acceptors (Lipinski definition) is 5. The van der Waals surface area contributed by atoms with E-state index in [1.165, 1.54) is 4.80 Å². The fraction of sp³-hybridized carbons (Fsp3) is 0.357. The number of aromatic nitrogens is 3. The molecule has 0 atom stereocenters. The van der Waals surface area contributed by atoms with Gasteiger partial charge in [-0.15, -0.1) is 22.6 Å². The van der Waals surface area contributed by atoms with Crippen LogP contribution in [0.4, 0.5) is 11.5 Å². The highest BCUT2D eigenvalue weighted by Gasteiger charge is 2.18. The van der Waals surface area contributed by atoms with Crippen molar-refractivity contribution in [1.82, 2.24) is 19.9 Å². The van der Waals surface area contributed by atoms with Crippen LogP contribution >= 0.6 is 28.3 Å². The Hall–Kier alpha value is -1.64. The van der Waals surface area contributed by atoms with E-state index in [-0.39, 0.29) is 23.9 Å². The summed E-state index contributed by atoms with van der Waals surface area (Å²) in [6.07, 6.45) is 0.846. The first-order chi connectivity index (χ1) is 10.5. The van der Waals surface area contributed by atoms with E-state index in [0.717, 1.165) is 23.1 Å². The van der Waals surface area contributed by atoms with Gasteiger partial charge in [0.25, 0.3) is 0 Å². The summed E-state index contributed by atoms with van der Waals surface area (Å²) in [4.78, 5) is 14.8. The molecule has 126 valence electrons. The van der Waals surface area contributed by atoms with E-state index in [0.29, 0.717) is 6.54 Å². The summed E-state index contributed by atoms with van der Waals surface area (Å²) in [6.45, 7) is 1.46. The number of nitrogens with one attached hydrogen (secondary N) is 1. The maximum Gasteiger partial charge on any atom is 0.360 e. The minimum absolute atomic E-state index is 0. The first-order valence-electron chi connectivity index (χ1n) is 6.81. The van der Waals surface area contributed by atoms with Gasteiger partial charge in [0, 0.05) is 10.2 Å². The molecule has 0 fully saturated rings. The summed E-state index contributed by atoms with van der Waals surface area (Å²) in [6, 6.07) is 7.40. The third-order valence-electron chi connectivity index (χ3n) is 2.93. The fourth-order valence-electron chi connectivity index (χ4n) is 1.87. The molecule has 2 N–H and O–H groups in total. The fourth-order valence-corrected chi connectivity index (χ4v) is 2.14. The predicted octanol–water partition coefficient (Wildman–Crippen LogP) is 2.86. The molecule has 0 saturated heterocycles. The van der Waals surface area contributed by atoms with Gasteiger partial charge >= 0.3 is 5.97 Å². The predicted molar refractivity (Wildman–Crippen MR) is 94.8 cm³/mol. The summed E-state index contributed by atoms with van der Waals surface area (Å²) < 4.78 is 0.948. The second kappa shape index (κ2) is 8.85. The quantitative estimate of drug-likeness (QED) is 0.738. The van der Waals surface area contributed by atoms with Crippen molar-refractivity contribution in [1.29, 1.82) is 0 Å². The van der Waals surface area contributed by atoms with E-state index in [1.807, 2.05) is 38.4 Å². The van der Waals surface area contributed by atoms with Crippen LogP contribution in [0, 0.1) is 0 Å². The van der Waals surface area contributed by atoms with Crippen LogP contribution in [0.1, 0.15) is 16.9 Å². The zero-order valence-electron chi connectivity index (χ0n) is 12.9. The van der Waals surface area contributed by atoms with Gasteiger partial charge in [-0.25, -0.2) is 4.79 Å². The maximum atomic E-state index is 11.3. The number of carbonyl (C=O) groups is 1. The van der Waals surface area contributed by atoms with Crippen LogP contribution in [0.3, 0.4) is 0 Å². The van der Waals surface area contributed by atoms with Crippen LogP contribution in [-0.2, 0) is 6.54 Å². The van der Waals surface area contributed by atoms with Gasteiger partial charge < -0.3 is 15.3 Å². The Morgan fingerprint density at radius 3 is 2.52 bits per heavy atom. The van der Waals surface area contributed by atoms with Gasteiger partial charge in [-0.2, -0.15) is 4.80 Å². The molecule has 1 aromatic heterocycles. The second-order valence-corrected chi connectivity index (χ2v) is 6.00. The van der Waals surface area contributed by atoms with Crippen molar-refractivity contribution < 1.29 is 9.90 Å². The topological polar surface area (TPSA) is 83.3 Å². The smallest absolute Gasteiger partial charge is 0.360 e. The van der Waals surface area contributed by atoms with E-state index in [9.17, 15) is 9.90 Å². The first-order valence-corrected chi connectivity index (χ1v) is 7.61. The molecule has 2 rings (SSSR count). The molecule has 0 spiro atoms. The van der Waals surface area contributed by atoms with Crippen molar-refractivity contribution in [2.24, 2.45) is 0 Å². The summed E-state index contributed by atoms with van der Waals surface area (Å²) in [7, 11) is 3.97. The van der Waals surface area contributed by atoms with Crippen molar-refractivity contribution in [2.45, 2.75) is 13.0 Å². The van der Waals surface area contributed by atoms with Crippen LogP contribution in [0.2, 0.25) is 0 Å². The van der Waals surface area contributed by atoms with Crippen molar-refractivity contribution in [2.75, 3.05) is 26.0 Å². The van der Waals surface area contributed by atoms with Crippen molar-refractivity contribution in [3.05, 3.63) is 34.4 Å². The molecule has 0 aliphatic rings. The number of rotatable bonds is 7. The third-order valence-corrected chi connectivity index (χ3v) is 3.46. The Kier molecular flexibility index (Phi) is 7.47. The van der Waals surface area contributed by atoms with Gasteiger partial charge in [0.2, 0.25) is 5.69 Å². The van der Waals surface area contributed by atoms with Crippen LogP contribution < -0.4 is 5.32 Å². The van der Waals surface area contributed by atoms with E-state index < -0.39 is 5.97 Å². The lowest BCUT2D eigenvalue weighted by atomic mass is 10.3. The van der Waals surface area contributed by atoms with E-state index in [2.05, 4.69) is 36.3 Å². The Morgan fingerprint density at radius 2 is 1.96 bits per heavy atom. The van der Waals surface area contributed by atoms with Crippen LogP contribution in [0.25, 0.3) is 0 Å². The summed E-state index contributed by atoms with van der Waals surface area (Å²) in [5.74, 6) is -0.849. The zero-order valence-corrected chi connectivity index (χ0v) is 15.3. The largest absolute Gasteiger partial charge is 0.476 e. The molecular formula is C14H19BrClN5O2. The molecule has 1 heterocycles.